The smallest absolute Gasteiger partial charge is 0.306 e. The number of carbonyl (C=O) groups excluding carboxylic acids is 1. The summed E-state index contributed by atoms with van der Waals surface area (Å²) in [5.74, 6) is -1.50. The molecule has 0 saturated carbocycles. The molecule has 8 heteroatoms. The van der Waals surface area contributed by atoms with E-state index in [-0.39, 0.29) is 24.7 Å². The zero-order valence-electron chi connectivity index (χ0n) is 14.6. The van der Waals surface area contributed by atoms with Crippen molar-refractivity contribution >= 4 is 11.9 Å². The maximum Gasteiger partial charge on any atom is 0.306 e. The van der Waals surface area contributed by atoms with Crippen LogP contribution in [0.25, 0.3) is 5.69 Å². The molecule has 1 amide bonds. The third-order valence-corrected chi connectivity index (χ3v) is 4.40. The van der Waals surface area contributed by atoms with E-state index >= 15 is 0 Å². The third kappa shape index (κ3) is 3.60. The predicted octanol–water partition coefficient (Wildman–Crippen LogP) is 1.94. The topological polar surface area (TPSA) is 84.7 Å². The molecule has 2 aromatic rings. The minimum atomic E-state index is -0.958. The molecule has 1 unspecified atom stereocenters. The van der Waals surface area contributed by atoms with Gasteiger partial charge in [0.15, 0.2) is 0 Å². The molecule has 26 heavy (non-hydrogen) atoms. The van der Waals surface area contributed by atoms with Gasteiger partial charge in [-0.1, -0.05) is 0 Å². The van der Waals surface area contributed by atoms with Gasteiger partial charge >= 0.3 is 5.97 Å². The van der Waals surface area contributed by atoms with Crippen LogP contribution in [-0.4, -0.2) is 57.5 Å². The number of aliphatic carboxylic acids is 1. The van der Waals surface area contributed by atoms with Gasteiger partial charge in [-0.15, -0.1) is 0 Å². The Hall–Kier alpha value is -2.74. The van der Waals surface area contributed by atoms with E-state index in [9.17, 15) is 14.0 Å². The van der Waals surface area contributed by atoms with Gasteiger partial charge in [0, 0.05) is 13.1 Å². The molecule has 2 heterocycles. The van der Waals surface area contributed by atoms with E-state index < -0.39 is 12.1 Å². The summed E-state index contributed by atoms with van der Waals surface area (Å²) in [6, 6.07) is 5.87. The van der Waals surface area contributed by atoms with Crippen LogP contribution in [0.15, 0.2) is 24.3 Å². The third-order valence-electron chi connectivity index (χ3n) is 4.40. The van der Waals surface area contributed by atoms with Gasteiger partial charge in [0.1, 0.15) is 5.82 Å². The lowest BCUT2D eigenvalue weighted by Crippen LogP contribution is -2.46. The first-order valence-electron chi connectivity index (χ1n) is 8.31. The largest absolute Gasteiger partial charge is 0.481 e. The van der Waals surface area contributed by atoms with E-state index in [1.54, 1.807) is 35.6 Å². The molecule has 1 aromatic heterocycles. The SMILES string of the molecule is Cc1nn(-c2ccc(F)cc2)c(C)c1C(=O)N1CCOC(CC(=O)O)C1. The van der Waals surface area contributed by atoms with Crippen molar-refractivity contribution < 1.29 is 23.8 Å². The molecule has 0 bridgehead atoms. The van der Waals surface area contributed by atoms with E-state index in [1.807, 2.05) is 0 Å². The maximum absolute atomic E-state index is 13.1. The van der Waals surface area contributed by atoms with Crippen molar-refractivity contribution in [3.05, 3.63) is 47.0 Å². The van der Waals surface area contributed by atoms with E-state index in [1.165, 1.54) is 12.1 Å². The highest BCUT2D eigenvalue weighted by atomic mass is 19.1. The number of amides is 1. The number of hydrogen-bond donors (Lipinski definition) is 1. The number of halogens is 1. The van der Waals surface area contributed by atoms with Crippen molar-refractivity contribution in [2.24, 2.45) is 0 Å². The summed E-state index contributed by atoms with van der Waals surface area (Å²) in [6.07, 6.45) is -0.658. The van der Waals surface area contributed by atoms with E-state index in [2.05, 4.69) is 5.10 Å². The summed E-state index contributed by atoms with van der Waals surface area (Å²) in [5.41, 5.74) is 2.36. The average Bonchev–Trinajstić information content (AvgIpc) is 2.89. The Morgan fingerprint density at radius 3 is 2.65 bits per heavy atom. The number of aryl methyl sites for hydroxylation is 1. The zero-order valence-corrected chi connectivity index (χ0v) is 14.6. The minimum absolute atomic E-state index is 0.142. The second kappa shape index (κ2) is 7.25. The van der Waals surface area contributed by atoms with Gasteiger partial charge in [-0.25, -0.2) is 9.07 Å². The number of morpholine rings is 1. The van der Waals surface area contributed by atoms with E-state index in [0.29, 0.717) is 35.8 Å². The Morgan fingerprint density at radius 1 is 1.31 bits per heavy atom. The molecule has 0 aliphatic carbocycles. The van der Waals surface area contributed by atoms with Crippen molar-refractivity contribution in [3.8, 4) is 5.69 Å². The molecule has 0 radical (unpaired) electrons. The first-order valence-corrected chi connectivity index (χ1v) is 8.31. The number of carboxylic acid groups (broad SMARTS) is 1. The van der Waals surface area contributed by atoms with Crippen molar-refractivity contribution in [3.63, 3.8) is 0 Å². The zero-order chi connectivity index (χ0) is 18.8. The fourth-order valence-corrected chi connectivity index (χ4v) is 3.17. The summed E-state index contributed by atoms with van der Waals surface area (Å²) in [7, 11) is 0. The lowest BCUT2D eigenvalue weighted by atomic mass is 10.1. The number of benzene rings is 1. The molecule has 138 valence electrons. The lowest BCUT2D eigenvalue weighted by Gasteiger charge is -2.32. The molecule has 1 N–H and O–H groups in total. The predicted molar refractivity (Wildman–Crippen MR) is 90.9 cm³/mol. The van der Waals surface area contributed by atoms with Crippen LogP contribution in [0.3, 0.4) is 0 Å². The average molecular weight is 361 g/mol. The van der Waals surface area contributed by atoms with Crippen molar-refractivity contribution in [1.82, 2.24) is 14.7 Å². The second-order valence-corrected chi connectivity index (χ2v) is 6.28. The number of hydrogen-bond acceptors (Lipinski definition) is 4. The molecular weight excluding hydrogens is 341 g/mol. The van der Waals surface area contributed by atoms with Crippen LogP contribution in [0.1, 0.15) is 28.2 Å². The lowest BCUT2D eigenvalue weighted by molar-refractivity contribution is -0.141. The molecule has 0 spiro atoms. The van der Waals surface area contributed by atoms with Crippen LogP contribution in [0.4, 0.5) is 4.39 Å². The summed E-state index contributed by atoms with van der Waals surface area (Å²) in [4.78, 5) is 25.5. The van der Waals surface area contributed by atoms with Gasteiger partial charge in [0.2, 0.25) is 0 Å². The van der Waals surface area contributed by atoms with Crippen LogP contribution < -0.4 is 0 Å². The Kier molecular flexibility index (Phi) is 5.03. The van der Waals surface area contributed by atoms with Gasteiger partial charge in [0.05, 0.1) is 41.8 Å². The van der Waals surface area contributed by atoms with E-state index in [0.717, 1.165) is 0 Å². The molecule has 7 nitrogen and oxygen atoms in total. The number of carbonyl (C=O) groups is 2. The number of carboxylic acids is 1. The highest BCUT2D eigenvalue weighted by Crippen LogP contribution is 2.21. The van der Waals surface area contributed by atoms with Crippen LogP contribution in [0, 0.1) is 19.7 Å². The van der Waals surface area contributed by atoms with E-state index in [4.69, 9.17) is 9.84 Å². The number of aromatic nitrogens is 2. The standard InChI is InChI=1S/C18H20FN3O4/c1-11-17(12(2)22(20-11)14-5-3-13(19)4-6-14)18(25)21-7-8-26-15(10-21)9-16(23)24/h3-6,15H,7-10H2,1-2H3,(H,23,24). The molecule has 1 saturated heterocycles. The normalized spacial score (nSPS) is 17.3. The molecular formula is C18H20FN3O4. The van der Waals surface area contributed by atoms with Crippen molar-refractivity contribution in [2.45, 2.75) is 26.4 Å². The summed E-state index contributed by atoms with van der Waals surface area (Å²) >= 11 is 0. The highest BCUT2D eigenvalue weighted by molar-refractivity contribution is 5.96. The number of nitrogens with zero attached hydrogens (tertiary/aromatic N) is 3. The fraction of sp³-hybridized carbons (Fsp3) is 0.389. The molecule has 1 fully saturated rings. The van der Waals surface area contributed by atoms with Crippen LogP contribution >= 0.6 is 0 Å². The molecule has 1 aliphatic rings. The van der Waals surface area contributed by atoms with Crippen LogP contribution in [-0.2, 0) is 9.53 Å². The van der Waals surface area contributed by atoms with Crippen molar-refractivity contribution in [2.75, 3.05) is 19.7 Å². The van der Waals surface area contributed by atoms with Crippen LogP contribution in [0.2, 0.25) is 0 Å². The number of ether oxygens (including phenoxy) is 1. The van der Waals surface area contributed by atoms with Gasteiger partial charge in [-0.05, 0) is 38.1 Å². The highest BCUT2D eigenvalue weighted by Gasteiger charge is 2.30. The fourth-order valence-electron chi connectivity index (χ4n) is 3.17. The first-order chi connectivity index (χ1) is 12.4. The quantitative estimate of drug-likeness (QED) is 0.900. The molecule has 1 aromatic carbocycles. The Labute approximate surface area is 150 Å². The maximum atomic E-state index is 13.1. The second-order valence-electron chi connectivity index (χ2n) is 6.28. The van der Waals surface area contributed by atoms with Gasteiger partial charge in [-0.2, -0.15) is 5.10 Å². The molecule has 3 rings (SSSR count). The Bertz CT molecular complexity index is 832. The Balaban J connectivity index is 1.86. The minimum Gasteiger partial charge on any atom is -0.481 e. The van der Waals surface area contributed by atoms with Crippen LogP contribution in [0.5, 0.6) is 0 Å². The van der Waals surface area contributed by atoms with Gasteiger partial charge in [-0.3, -0.25) is 9.59 Å². The summed E-state index contributed by atoms with van der Waals surface area (Å²) in [6.45, 7) is 4.45. The monoisotopic (exact) mass is 361 g/mol. The summed E-state index contributed by atoms with van der Waals surface area (Å²) < 4.78 is 20.2. The van der Waals surface area contributed by atoms with Gasteiger partial charge < -0.3 is 14.7 Å². The van der Waals surface area contributed by atoms with Gasteiger partial charge in [0.25, 0.3) is 5.91 Å². The first kappa shape index (κ1) is 18.1. The summed E-state index contributed by atoms with van der Waals surface area (Å²) in [5, 5.41) is 13.3. The molecule has 1 atom stereocenters. The Morgan fingerprint density at radius 2 is 2.00 bits per heavy atom. The van der Waals surface area contributed by atoms with Crippen molar-refractivity contribution in [1.29, 1.82) is 0 Å². The molecule has 1 aliphatic heterocycles. The number of rotatable bonds is 4.